The number of hydrogen-bond donors (Lipinski definition) is 1. The van der Waals surface area contributed by atoms with Gasteiger partial charge in [-0.05, 0) is 24.6 Å². The second kappa shape index (κ2) is 6.12. The molecule has 2 aromatic rings. The minimum absolute atomic E-state index is 0.0535. The van der Waals surface area contributed by atoms with Crippen LogP contribution in [0.5, 0.6) is 5.75 Å². The van der Waals surface area contributed by atoms with Gasteiger partial charge in [0.1, 0.15) is 0 Å². The number of nitrogens with zero attached hydrogens (tertiary/aromatic N) is 1. The third kappa shape index (κ3) is 2.90. The van der Waals surface area contributed by atoms with Gasteiger partial charge in [0.2, 0.25) is 0 Å². The minimum Gasteiger partial charge on any atom is -0.481 e. The highest BCUT2D eigenvalue weighted by molar-refractivity contribution is 6.04. The third-order valence-electron chi connectivity index (χ3n) is 3.96. The summed E-state index contributed by atoms with van der Waals surface area (Å²) in [5.74, 6) is 0.0982. The van der Waals surface area contributed by atoms with Gasteiger partial charge in [-0.1, -0.05) is 36.4 Å². The maximum atomic E-state index is 12.6. The van der Waals surface area contributed by atoms with Crippen LogP contribution < -0.4 is 15.0 Å². The lowest BCUT2D eigenvalue weighted by molar-refractivity contribution is -0.121. The summed E-state index contributed by atoms with van der Waals surface area (Å²) in [6.45, 7) is 1.88. The predicted molar refractivity (Wildman–Crippen MR) is 87.7 cm³/mol. The number of hydrogen-bond acceptors (Lipinski definition) is 3. The van der Waals surface area contributed by atoms with Crippen LogP contribution in [-0.2, 0) is 4.79 Å². The van der Waals surface area contributed by atoms with E-state index < -0.39 is 0 Å². The summed E-state index contributed by atoms with van der Waals surface area (Å²) in [6.07, 6.45) is 0. The van der Waals surface area contributed by atoms with Gasteiger partial charge in [-0.2, -0.15) is 0 Å². The van der Waals surface area contributed by atoms with Crippen LogP contribution in [0.1, 0.15) is 28.9 Å². The number of carbonyl (C=O) groups excluding carboxylic acids is 2. The van der Waals surface area contributed by atoms with Crippen molar-refractivity contribution in [3.8, 4) is 5.75 Å². The van der Waals surface area contributed by atoms with Crippen LogP contribution in [0.3, 0.4) is 0 Å². The van der Waals surface area contributed by atoms with Crippen molar-refractivity contribution < 1.29 is 14.3 Å². The second-order valence-corrected chi connectivity index (χ2v) is 5.50. The quantitative estimate of drug-likeness (QED) is 0.948. The van der Waals surface area contributed by atoms with Crippen molar-refractivity contribution in [2.24, 2.45) is 0 Å². The Morgan fingerprint density at radius 3 is 2.65 bits per heavy atom. The van der Waals surface area contributed by atoms with Gasteiger partial charge < -0.3 is 15.0 Å². The van der Waals surface area contributed by atoms with E-state index in [0.29, 0.717) is 17.0 Å². The van der Waals surface area contributed by atoms with Crippen LogP contribution in [0, 0.1) is 0 Å². The Bertz CT molecular complexity index is 743. The average Bonchev–Trinajstić information content (AvgIpc) is 2.58. The number of ether oxygens (including phenoxy) is 1. The van der Waals surface area contributed by atoms with E-state index in [2.05, 4.69) is 5.32 Å². The third-order valence-corrected chi connectivity index (χ3v) is 3.96. The topological polar surface area (TPSA) is 58.6 Å². The van der Waals surface area contributed by atoms with Crippen LogP contribution >= 0.6 is 0 Å². The minimum atomic E-state index is -0.221. The molecule has 5 nitrogen and oxygen atoms in total. The molecule has 0 aromatic heterocycles. The van der Waals surface area contributed by atoms with E-state index in [1.54, 1.807) is 25.2 Å². The highest BCUT2D eigenvalue weighted by atomic mass is 16.5. The molecule has 0 fully saturated rings. The molecule has 2 amide bonds. The molecule has 0 aliphatic carbocycles. The fraction of sp³-hybridized carbons (Fsp3) is 0.222. The molecule has 1 aliphatic rings. The Kier molecular flexibility index (Phi) is 4.02. The number of anilines is 1. The largest absolute Gasteiger partial charge is 0.481 e. The van der Waals surface area contributed by atoms with Gasteiger partial charge in [0.15, 0.2) is 12.4 Å². The maximum Gasteiger partial charge on any atom is 0.264 e. The van der Waals surface area contributed by atoms with Crippen LogP contribution in [0.2, 0.25) is 0 Å². The lowest BCUT2D eigenvalue weighted by Crippen LogP contribution is -2.37. The van der Waals surface area contributed by atoms with Crippen molar-refractivity contribution in [1.82, 2.24) is 5.32 Å². The lowest BCUT2D eigenvalue weighted by atomic mass is 10.1. The first-order valence-corrected chi connectivity index (χ1v) is 7.46. The summed E-state index contributed by atoms with van der Waals surface area (Å²) in [4.78, 5) is 25.8. The zero-order chi connectivity index (χ0) is 16.4. The number of rotatable bonds is 3. The zero-order valence-electron chi connectivity index (χ0n) is 13.1. The fourth-order valence-corrected chi connectivity index (χ4v) is 2.58. The average molecular weight is 310 g/mol. The van der Waals surface area contributed by atoms with Crippen molar-refractivity contribution in [2.45, 2.75) is 13.0 Å². The summed E-state index contributed by atoms with van der Waals surface area (Å²) in [6, 6.07) is 14.8. The number of nitrogens with one attached hydrogen (secondary N) is 1. The van der Waals surface area contributed by atoms with Crippen molar-refractivity contribution in [2.75, 3.05) is 18.6 Å². The summed E-state index contributed by atoms with van der Waals surface area (Å²) in [5, 5.41) is 2.97. The standard InChI is InChI=1S/C18H18N2O3/c1-12(13-7-4-3-5-8-13)19-18(22)14-9-6-10-15-17(14)23-11-16(21)20(15)2/h3-10,12H,11H2,1-2H3,(H,19,22). The molecule has 1 unspecified atom stereocenters. The van der Waals surface area contributed by atoms with E-state index in [1.807, 2.05) is 37.3 Å². The Hall–Kier alpha value is -2.82. The molecular formula is C18H18N2O3. The summed E-state index contributed by atoms with van der Waals surface area (Å²) in [7, 11) is 1.68. The Morgan fingerprint density at radius 1 is 1.17 bits per heavy atom. The molecule has 1 heterocycles. The molecular weight excluding hydrogens is 292 g/mol. The van der Waals surface area contributed by atoms with Crippen molar-refractivity contribution in [1.29, 1.82) is 0 Å². The van der Waals surface area contributed by atoms with Crippen molar-refractivity contribution in [3.63, 3.8) is 0 Å². The lowest BCUT2D eigenvalue weighted by Gasteiger charge is -2.27. The zero-order valence-corrected chi connectivity index (χ0v) is 13.1. The van der Waals surface area contributed by atoms with Gasteiger partial charge in [-0.15, -0.1) is 0 Å². The fourth-order valence-electron chi connectivity index (χ4n) is 2.58. The summed E-state index contributed by atoms with van der Waals surface area (Å²) >= 11 is 0. The molecule has 1 atom stereocenters. The molecule has 0 spiro atoms. The first-order valence-electron chi connectivity index (χ1n) is 7.46. The van der Waals surface area contributed by atoms with Crippen molar-refractivity contribution in [3.05, 3.63) is 59.7 Å². The smallest absolute Gasteiger partial charge is 0.264 e. The highest BCUT2D eigenvalue weighted by Gasteiger charge is 2.27. The number of likely N-dealkylation sites (N-methyl/N-ethyl adjacent to an activating group) is 1. The first-order chi connectivity index (χ1) is 11.1. The molecule has 1 aliphatic heterocycles. The molecule has 118 valence electrons. The number of carbonyl (C=O) groups is 2. The Morgan fingerprint density at radius 2 is 1.91 bits per heavy atom. The van der Waals surface area contributed by atoms with Crippen LogP contribution in [0.15, 0.2) is 48.5 Å². The summed E-state index contributed by atoms with van der Waals surface area (Å²) < 4.78 is 5.49. The normalized spacial score (nSPS) is 14.7. The van der Waals surface area contributed by atoms with E-state index >= 15 is 0 Å². The van der Waals surface area contributed by atoms with Crippen LogP contribution in [0.4, 0.5) is 5.69 Å². The van der Waals surface area contributed by atoms with Gasteiger partial charge in [-0.3, -0.25) is 9.59 Å². The SMILES string of the molecule is CC(NC(=O)c1cccc2c1OCC(=O)N2C)c1ccccc1. The van der Waals surface area contributed by atoms with Gasteiger partial charge in [0.25, 0.3) is 11.8 Å². The molecule has 0 bridgehead atoms. The van der Waals surface area contributed by atoms with Gasteiger partial charge in [-0.25, -0.2) is 0 Å². The van der Waals surface area contributed by atoms with E-state index in [-0.39, 0.29) is 24.5 Å². The molecule has 23 heavy (non-hydrogen) atoms. The molecule has 0 saturated carbocycles. The molecule has 5 heteroatoms. The first kappa shape index (κ1) is 15.1. The number of para-hydroxylation sites is 1. The van der Waals surface area contributed by atoms with Crippen LogP contribution in [-0.4, -0.2) is 25.5 Å². The highest BCUT2D eigenvalue weighted by Crippen LogP contribution is 2.34. The van der Waals surface area contributed by atoms with Gasteiger partial charge >= 0.3 is 0 Å². The number of benzene rings is 2. The van der Waals surface area contributed by atoms with Crippen molar-refractivity contribution >= 4 is 17.5 Å². The molecule has 0 saturated heterocycles. The predicted octanol–water partition coefficient (Wildman–Crippen LogP) is 2.53. The number of amides is 2. The molecule has 2 aromatic carbocycles. The second-order valence-electron chi connectivity index (χ2n) is 5.50. The maximum absolute atomic E-state index is 12.6. The van der Waals surface area contributed by atoms with E-state index in [1.165, 1.54) is 4.90 Å². The van der Waals surface area contributed by atoms with E-state index in [4.69, 9.17) is 4.74 Å². The number of fused-ring (bicyclic) bond motifs is 1. The van der Waals surface area contributed by atoms with Gasteiger partial charge in [0, 0.05) is 7.05 Å². The van der Waals surface area contributed by atoms with E-state index in [0.717, 1.165) is 5.56 Å². The monoisotopic (exact) mass is 310 g/mol. The molecule has 1 N–H and O–H groups in total. The molecule has 0 radical (unpaired) electrons. The Labute approximate surface area is 134 Å². The van der Waals surface area contributed by atoms with E-state index in [9.17, 15) is 9.59 Å². The van der Waals surface area contributed by atoms with Crippen LogP contribution in [0.25, 0.3) is 0 Å². The van der Waals surface area contributed by atoms with Gasteiger partial charge in [0.05, 0.1) is 17.3 Å². The summed E-state index contributed by atoms with van der Waals surface area (Å²) in [5.41, 5.74) is 2.07. The molecule has 3 rings (SSSR count). The Balaban J connectivity index is 1.85.